The molecule has 1 fully saturated rings. The third-order valence-corrected chi connectivity index (χ3v) is 6.75. The van der Waals surface area contributed by atoms with Crippen molar-refractivity contribution in [2.24, 2.45) is 0 Å². The lowest BCUT2D eigenvalue weighted by molar-refractivity contribution is -0.136. The number of rotatable bonds is 5. The first-order valence-electron chi connectivity index (χ1n) is 11.8. The molecule has 0 amide bonds. The Bertz CT molecular complexity index is 1340. The fourth-order valence-corrected chi connectivity index (χ4v) is 4.98. The predicted octanol–water partition coefficient (Wildman–Crippen LogP) is 6.69. The largest absolute Gasteiger partial charge is 0.418 e. The molecule has 0 radical (unpaired) electrons. The number of anilines is 1. The Labute approximate surface area is 202 Å². The molecule has 4 aromatic rings. The molecule has 1 aliphatic heterocycles. The molecule has 0 saturated carbocycles. The molecule has 1 aromatic heterocycles. The van der Waals surface area contributed by atoms with Gasteiger partial charge in [0.25, 0.3) is 0 Å². The monoisotopic (exact) mass is 479 g/mol. The summed E-state index contributed by atoms with van der Waals surface area (Å²) in [7, 11) is 1.75. The minimum atomic E-state index is -4.48. The average Bonchev–Trinajstić information content (AvgIpc) is 3.21. The van der Waals surface area contributed by atoms with Crippen LogP contribution in [-0.4, -0.2) is 36.1 Å². The molecule has 0 N–H and O–H groups in total. The van der Waals surface area contributed by atoms with Gasteiger partial charge in [-0.3, -0.25) is 4.68 Å². The lowest BCUT2D eigenvalue weighted by Gasteiger charge is -2.33. The maximum atomic E-state index is 13.8. The molecule has 3 aromatic carbocycles. The van der Waals surface area contributed by atoms with Gasteiger partial charge in [-0.2, -0.15) is 18.3 Å². The number of fused-ring (bicyclic) bond motifs is 1. The summed E-state index contributed by atoms with van der Waals surface area (Å²) >= 11 is 0. The summed E-state index contributed by atoms with van der Waals surface area (Å²) in [4.78, 5) is 2.31. The second kappa shape index (κ2) is 9.38. The van der Waals surface area contributed by atoms with Crippen LogP contribution in [0.5, 0.6) is 0 Å². The molecule has 2 heterocycles. The van der Waals surface area contributed by atoms with E-state index in [-0.39, 0.29) is 11.6 Å². The van der Waals surface area contributed by atoms with Gasteiger partial charge >= 0.3 is 6.18 Å². The van der Waals surface area contributed by atoms with Crippen LogP contribution in [-0.2, 0) is 17.5 Å². The van der Waals surface area contributed by atoms with Crippen LogP contribution in [0.4, 0.5) is 18.9 Å². The molecule has 0 aliphatic carbocycles. The van der Waals surface area contributed by atoms with Gasteiger partial charge in [0, 0.05) is 36.8 Å². The predicted molar refractivity (Wildman–Crippen MR) is 133 cm³/mol. The SMILES string of the molecule is COC1CCN(c2cccc(-c3c4cccc(C(F)(F)F)c4nn3Cc3cccc(C)c3)c2)CC1. The Morgan fingerprint density at radius 2 is 1.71 bits per heavy atom. The van der Waals surface area contributed by atoms with Crippen LogP contribution in [0, 0.1) is 6.92 Å². The van der Waals surface area contributed by atoms with Gasteiger partial charge in [0.1, 0.15) is 5.52 Å². The highest BCUT2D eigenvalue weighted by Gasteiger charge is 2.34. The Kier molecular flexibility index (Phi) is 6.28. The molecule has 4 nitrogen and oxygen atoms in total. The number of halogens is 3. The van der Waals surface area contributed by atoms with Crippen LogP contribution in [0.15, 0.2) is 66.7 Å². The van der Waals surface area contributed by atoms with Crippen molar-refractivity contribution in [2.75, 3.05) is 25.1 Å². The molecule has 0 spiro atoms. The molecule has 35 heavy (non-hydrogen) atoms. The van der Waals surface area contributed by atoms with Crippen LogP contribution in [0.25, 0.3) is 22.2 Å². The third kappa shape index (κ3) is 4.78. The Morgan fingerprint density at radius 1 is 0.971 bits per heavy atom. The number of aromatic nitrogens is 2. The highest BCUT2D eigenvalue weighted by molar-refractivity contribution is 5.95. The van der Waals surface area contributed by atoms with Crippen LogP contribution in [0.2, 0.25) is 0 Å². The summed E-state index contributed by atoms with van der Waals surface area (Å²) in [6.45, 7) is 4.14. The molecule has 7 heteroatoms. The lowest BCUT2D eigenvalue weighted by atomic mass is 10.0. The summed E-state index contributed by atoms with van der Waals surface area (Å²) in [5, 5.41) is 5.01. The number of ether oxygens (including phenoxy) is 1. The van der Waals surface area contributed by atoms with Gasteiger partial charge in [-0.15, -0.1) is 0 Å². The molecule has 0 atom stereocenters. The van der Waals surface area contributed by atoms with Crippen LogP contribution in [0.3, 0.4) is 0 Å². The first-order valence-corrected chi connectivity index (χ1v) is 11.8. The topological polar surface area (TPSA) is 30.3 Å². The summed E-state index contributed by atoms with van der Waals surface area (Å²) in [6.07, 6.45) is -2.31. The Balaban J connectivity index is 1.62. The summed E-state index contributed by atoms with van der Waals surface area (Å²) < 4.78 is 48.7. The Hall–Kier alpha value is -3.32. The molecule has 1 aliphatic rings. The van der Waals surface area contributed by atoms with Crippen molar-refractivity contribution < 1.29 is 17.9 Å². The van der Waals surface area contributed by atoms with Gasteiger partial charge in [0.15, 0.2) is 0 Å². The number of hydrogen-bond donors (Lipinski definition) is 0. The third-order valence-electron chi connectivity index (χ3n) is 6.75. The number of piperidine rings is 1. The van der Waals surface area contributed by atoms with Crippen LogP contribution in [0.1, 0.15) is 29.5 Å². The first kappa shape index (κ1) is 23.4. The summed E-state index contributed by atoms with van der Waals surface area (Å²) in [6, 6.07) is 20.3. The smallest absolute Gasteiger partial charge is 0.381 e. The zero-order valence-electron chi connectivity index (χ0n) is 19.8. The maximum absolute atomic E-state index is 13.8. The van der Waals surface area contributed by atoms with E-state index in [1.807, 2.05) is 43.3 Å². The van der Waals surface area contributed by atoms with Crippen LogP contribution < -0.4 is 4.90 Å². The number of methoxy groups -OCH3 is 1. The van der Waals surface area contributed by atoms with Gasteiger partial charge in [-0.1, -0.05) is 54.1 Å². The van der Waals surface area contributed by atoms with Gasteiger partial charge < -0.3 is 9.64 Å². The maximum Gasteiger partial charge on any atom is 0.418 e. The summed E-state index contributed by atoms with van der Waals surface area (Å²) in [5.74, 6) is 0. The van der Waals surface area contributed by atoms with Crippen molar-refractivity contribution >= 4 is 16.6 Å². The van der Waals surface area contributed by atoms with Gasteiger partial charge in [0.2, 0.25) is 0 Å². The van der Waals surface area contributed by atoms with Crippen LogP contribution >= 0.6 is 0 Å². The first-order chi connectivity index (χ1) is 16.8. The van der Waals surface area contributed by atoms with Crippen molar-refractivity contribution in [3.8, 4) is 11.3 Å². The van der Waals surface area contributed by atoms with Crippen molar-refractivity contribution in [1.82, 2.24) is 9.78 Å². The molecule has 182 valence electrons. The number of alkyl halides is 3. The molecular formula is C28H28F3N3O. The lowest BCUT2D eigenvalue weighted by Crippen LogP contribution is -2.36. The minimum Gasteiger partial charge on any atom is -0.381 e. The van der Waals surface area contributed by atoms with E-state index in [4.69, 9.17) is 4.74 Å². The van der Waals surface area contributed by atoms with E-state index in [0.29, 0.717) is 17.6 Å². The van der Waals surface area contributed by atoms with E-state index in [1.165, 1.54) is 6.07 Å². The zero-order valence-corrected chi connectivity index (χ0v) is 19.8. The van der Waals surface area contributed by atoms with E-state index in [9.17, 15) is 13.2 Å². The second-order valence-corrected chi connectivity index (χ2v) is 9.17. The molecule has 5 rings (SSSR count). The van der Waals surface area contributed by atoms with E-state index in [1.54, 1.807) is 17.9 Å². The fourth-order valence-electron chi connectivity index (χ4n) is 4.98. The zero-order chi connectivity index (χ0) is 24.6. The second-order valence-electron chi connectivity index (χ2n) is 9.17. The average molecular weight is 480 g/mol. The van der Waals surface area contributed by atoms with Gasteiger partial charge in [-0.05, 0) is 43.5 Å². The molecule has 0 unspecified atom stereocenters. The van der Waals surface area contributed by atoms with Crippen molar-refractivity contribution in [2.45, 2.75) is 38.6 Å². The van der Waals surface area contributed by atoms with Crippen molar-refractivity contribution in [1.29, 1.82) is 0 Å². The molecule has 0 bridgehead atoms. The number of aryl methyl sites for hydroxylation is 1. The fraction of sp³-hybridized carbons (Fsp3) is 0.321. The number of benzene rings is 3. The number of hydrogen-bond acceptors (Lipinski definition) is 3. The van der Waals surface area contributed by atoms with Crippen molar-refractivity contribution in [3.05, 3.63) is 83.4 Å². The van der Waals surface area contributed by atoms with E-state index in [2.05, 4.69) is 22.1 Å². The standard InChI is InChI=1S/C28H28F3N3O/c1-19-6-3-7-20(16-19)18-34-27(24-10-5-11-25(26(24)32-34)28(29,30)31)21-8-4-9-22(17-21)33-14-12-23(35-2)13-15-33/h3-11,16-17,23H,12-15,18H2,1-2H3. The normalized spacial score (nSPS) is 15.2. The number of nitrogens with zero attached hydrogens (tertiary/aromatic N) is 3. The van der Waals surface area contributed by atoms with E-state index >= 15 is 0 Å². The Morgan fingerprint density at radius 3 is 2.43 bits per heavy atom. The molecular weight excluding hydrogens is 451 g/mol. The molecule has 1 saturated heterocycles. The quantitative estimate of drug-likeness (QED) is 0.319. The van der Waals surface area contributed by atoms with Gasteiger partial charge in [0.05, 0.1) is 23.9 Å². The van der Waals surface area contributed by atoms with E-state index < -0.39 is 11.7 Å². The van der Waals surface area contributed by atoms with Crippen molar-refractivity contribution in [3.63, 3.8) is 0 Å². The van der Waals surface area contributed by atoms with E-state index in [0.717, 1.165) is 54.4 Å². The minimum absolute atomic E-state index is 0.0195. The van der Waals surface area contributed by atoms with Gasteiger partial charge in [-0.25, -0.2) is 0 Å². The highest BCUT2D eigenvalue weighted by Crippen LogP contribution is 2.39. The summed E-state index contributed by atoms with van der Waals surface area (Å²) in [5.41, 5.74) is 3.96. The highest BCUT2D eigenvalue weighted by atomic mass is 19.4.